The van der Waals surface area contributed by atoms with Crippen molar-refractivity contribution >= 4 is 17.7 Å². The van der Waals surface area contributed by atoms with Crippen LogP contribution in [0.4, 0.5) is 0 Å². The molecule has 4 N–H and O–H groups in total. The van der Waals surface area contributed by atoms with Gasteiger partial charge in [0, 0.05) is 12.0 Å². The number of nitrogens with zero attached hydrogens (tertiary/aromatic N) is 1. The Bertz CT molecular complexity index is 580. The van der Waals surface area contributed by atoms with Crippen LogP contribution in [0.3, 0.4) is 0 Å². The molecule has 1 aromatic rings. The zero-order chi connectivity index (χ0) is 16.5. The molecule has 0 saturated heterocycles. The fraction of sp³-hybridized carbons (Fsp3) is 0.333. The summed E-state index contributed by atoms with van der Waals surface area (Å²) in [6, 6.07) is 9.41. The van der Waals surface area contributed by atoms with Crippen LogP contribution in [0.15, 0.2) is 30.3 Å². The van der Waals surface area contributed by atoms with E-state index in [1.165, 1.54) is 0 Å². The third-order valence-corrected chi connectivity index (χ3v) is 3.05. The molecule has 0 radical (unpaired) electrons. The molecule has 0 aliphatic carbocycles. The first kappa shape index (κ1) is 17.2. The molecule has 7 heteroatoms. The minimum Gasteiger partial charge on any atom is -0.368 e. The Balaban J connectivity index is 2.53. The van der Waals surface area contributed by atoms with E-state index in [4.69, 9.17) is 11.0 Å². The zero-order valence-corrected chi connectivity index (χ0v) is 12.2. The fourth-order valence-corrected chi connectivity index (χ4v) is 1.83. The predicted molar refractivity (Wildman–Crippen MR) is 79.3 cm³/mol. The van der Waals surface area contributed by atoms with Gasteiger partial charge in [-0.3, -0.25) is 14.4 Å². The summed E-state index contributed by atoms with van der Waals surface area (Å²) in [7, 11) is 0. The first-order chi connectivity index (χ1) is 10.5. The highest BCUT2D eigenvalue weighted by Crippen LogP contribution is 2.07. The summed E-state index contributed by atoms with van der Waals surface area (Å²) in [5.41, 5.74) is 5.64. The SMILES string of the molecule is C[C@H](CC#N)[C@@H](NC(=O)CNC(=O)c1ccccc1)C(N)=O. The molecule has 0 spiro atoms. The van der Waals surface area contributed by atoms with Gasteiger partial charge in [0.1, 0.15) is 6.04 Å². The van der Waals surface area contributed by atoms with Crippen LogP contribution in [0.2, 0.25) is 0 Å². The second-order valence-corrected chi connectivity index (χ2v) is 4.84. The van der Waals surface area contributed by atoms with Crippen molar-refractivity contribution in [3.8, 4) is 6.07 Å². The van der Waals surface area contributed by atoms with E-state index >= 15 is 0 Å². The first-order valence-electron chi connectivity index (χ1n) is 6.74. The van der Waals surface area contributed by atoms with E-state index in [1.54, 1.807) is 37.3 Å². The molecule has 2 atom stereocenters. The largest absolute Gasteiger partial charge is 0.368 e. The number of hydrogen-bond acceptors (Lipinski definition) is 4. The van der Waals surface area contributed by atoms with Gasteiger partial charge in [0.25, 0.3) is 5.91 Å². The van der Waals surface area contributed by atoms with Gasteiger partial charge in [-0.1, -0.05) is 25.1 Å². The Morgan fingerprint density at radius 3 is 2.45 bits per heavy atom. The number of carbonyl (C=O) groups is 3. The third kappa shape index (κ3) is 5.25. The Morgan fingerprint density at radius 2 is 1.91 bits per heavy atom. The smallest absolute Gasteiger partial charge is 0.251 e. The van der Waals surface area contributed by atoms with Gasteiger partial charge in [0.05, 0.1) is 12.6 Å². The van der Waals surface area contributed by atoms with Gasteiger partial charge in [0.15, 0.2) is 0 Å². The van der Waals surface area contributed by atoms with Crippen LogP contribution >= 0.6 is 0 Å². The summed E-state index contributed by atoms with van der Waals surface area (Å²) in [4.78, 5) is 34.9. The summed E-state index contributed by atoms with van der Waals surface area (Å²) >= 11 is 0. The number of carbonyl (C=O) groups excluding carboxylic acids is 3. The lowest BCUT2D eigenvalue weighted by Gasteiger charge is -2.20. The quantitative estimate of drug-likeness (QED) is 0.652. The second kappa shape index (κ2) is 8.42. The van der Waals surface area contributed by atoms with Crippen LogP contribution < -0.4 is 16.4 Å². The molecule has 0 unspecified atom stereocenters. The molecule has 3 amide bonds. The summed E-state index contributed by atoms with van der Waals surface area (Å²) in [6.07, 6.45) is 0.0876. The Hall–Kier alpha value is -2.88. The van der Waals surface area contributed by atoms with Crippen LogP contribution in [-0.2, 0) is 9.59 Å². The lowest BCUT2D eigenvalue weighted by molar-refractivity contribution is -0.127. The molecular formula is C15H18N4O3. The van der Waals surface area contributed by atoms with Crippen molar-refractivity contribution in [3.05, 3.63) is 35.9 Å². The van der Waals surface area contributed by atoms with Gasteiger partial charge in [-0.25, -0.2) is 0 Å². The molecule has 1 rings (SSSR count). The summed E-state index contributed by atoms with van der Waals surface area (Å²) in [5, 5.41) is 13.5. The highest BCUT2D eigenvalue weighted by molar-refractivity contribution is 5.97. The van der Waals surface area contributed by atoms with E-state index in [1.807, 2.05) is 6.07 Å². The average molecular weight is 302 g/mol. The highest BCUT2D eigenvalue weighted by Gasteiger charge is 2.24. The lowest BCUT2D eigenvalue weighted by atomic mass is 9.98. The third-order valence-electron chi connectivity index (χ3n) is 3.05. The summed E-state index contributed by atoms with van der Waals surface area (Å²) < 4.78 is 0. The predicted octanol–water partition coefficient (Wildman–Crippen LogP) is -0.0637. The molecule has 0 bridgehead atoms. The van der Waals surface area contributed by atoms with Crippen LogP contribution in [0, 0.1) is 17.2 Å². The topological polar surface area (TPSA) is 125 Å². The van der Waals surface area contributed by atoms with Crippen molar-refractivity contribution in [1.29, 1.82) is 5.26 Å². The van der Waals surface area contributed by atoms with Gasteiger partial charge in [-0.15, -0.1) is 0 Å². The van der Waals surface area contributed by atoms with E-state index in [9.17, 15) is 14.4 Å². The average Bonchev–Trinajstić information content (AvgIpc) is 2.51. The van der Waals surface area contributed by atoms with Gasteiger partial charge in [0.2, 0.25) is 11.8 Å². The molecule has 22 heavy (non-hydrogen) atoms. The van der Waals surface area contributed by atoms with Crippen molar-refractivity contribution in [1.82, 2.24) is 10.6 Å². The van der Waals surface area contributed by atoms with E-state index < -0.39 is 29.7 Å². The molecule has 0 fully saturated rings. The van der Waals surface area contributed by atoms with Gasteiger partial charge in [-0.2, -0.15) is 5.26 Å². The second-order valence-electron chi connectivity index (χ2n) is 4.84. The zero-order valence-electron chi connectivity index (χ0n) is 12.2. The number of primary amides is 1. The van der Waals surface area contributed by atoms with Crippen molar-refractivity contribution in [2.75, 3.05) is 6.54 Å². The normalized spacial score (nSPS) is 12.5. The Morgan fingerprint density at radius 1 is 1.27 bits per heavy atom. The minimum atomic E-state index is -0.944. The maximum atomic E-state index is 11.8. The Kier molecular flexibility index (Phi) is 6.57. The molecule has 116 valence electrons. The van der Waals surface area contributed by atoms with E-state index in [-0.39, 0.29) is 13.0 Å². The van der Waals surface area contributed by atoms with Gasteiger partial charge >= 0.3 is 0 Å². The molecule has 0 aliphatic heterocycles. The molecule has 0 aromatic heterocycles. The first-order valence-corrected chi connectivity index (χ1v) is 6.74. The molecule has 0 aliphatic rings. The van der Waals surface area contributed by atoms with Crippen LogP contribution in [0.5, 0.6) is 0 Å². The van der Waals surface area contributed by atoms with Crippen molar-refractivity contribution in [2.45, 2.75) is 19.4 Å². The number of benzene rings is 1. The molecule has 1 aromatic carbocycles. The van der Waals surface area contributed by atoms with E-state index in [0.717, 1.165) is 0 Å². The van der Waals surface area contributed by atoms with Crippen molar-refractivity contribution in [3.63, 3.8) is 0 Å². The van der Waals surface area contributed by atoms with Crippen LogP contribution in [-0.4, -0.2) is 30.3 Å². The standard InChI is InChI=1S/C15H18N4O3/c1-10(7-8-16)13(14(17)21)19-12(20)9-18-15(22)11-5-3-2-4-6-11/h2-6,10,13H,7,9H2,1H3,(H2,17,21)(H,18,22)(H,19,20)/t10-,13-/m1/s1. The Labute approximate surface area is 128 Å². The molecular weight excluding hydrogens is 284 g/mol. The van der Waals surface area contributed by atoms with Crippen molar-refractivity contribution in [2.24, 2.45) is 11.7 Å². The van der Waals surface area contributed by atoms with Gasteiger partial charge in [-0.05, 0) is 18.1 Å². The maximum absolute atomic E-state index is 11.8. The van der Waals surface area contributed by atoms with E-state index in [2.05, 4.69) is 10.6 Å². The minimum absolute atomic E-state index is 0.0876. The summed E-state index contributed by atoms with van der Waals surface area (Å²) in [6.45, 7) is 1.36. The number of rotatable bonds is 7. The highest BCUT2D eigenvalue weighted by atomic mass is 16.2. The number of nitrogens with one attached hydrogen (secondary N) is 2. The molecule has 0 saturated carbocycles. The van der Waals surface area contributed by atoms with Crippen LogP contribution in [0.25, 0.3) is 0 Å². The lowest BCUT2D eigenvalue weighted by Crippen LogP contribution is -2.51. The fourth-order valence-electron chi connectivity index (χ4n) is 1.83. The number of nitrogens with two attached hydrogens (primary N) is 1. The van der Waals surface area contributed by atoms with Crippen molar-refractivity contribution < 1.29 is 14.4 Å². The summed E-state index contributed by atoms with van der Waals surface area (Å²) in [5.74, 6) is -2.06. The molecule has 7 nitrogen and oxygen atoms in total. The number of amides is 3. The van der Waals surface area contributed by atoms with E-state index in [0.29, 0.717) is 5.56 Å². The van der Waals surface area contributed by atoms with Crippen LogP contribution in [0.1, 0.15) is 23.7 Å². The molecule has 0 heterocycles. The van der Waals surface area contributed by atoms with Gasteiger partial charge < -0.3 is 16.4 Å². The number of nitriles is 1. The monoisotopic (exact) mass is 302 g/mol. The maximum Gasteiger partial charge on any atom is 0.251 e. The number of hydrogen-bond donors (Lipinski definition) is 3.